The van der Waals surface area contributed by atoms with Gasteiger partial charge in [0.05, 0.1) is 6.04 Å². The maximum absolute atomic E-state index is 11.3. The molecule has 0 bridgehead atoms. The Morgan fingerprint density at radius 3 is 2.07 bits per heavy atom. The number of carbonyl (C=O) groups is 1. The zero-order chi connectivity index (χ0) is 11.4. The van der Waals surface area contributed by atoms with Gasteiger partial charge in [0, 0.05) is 0 Å². The SMILES string of the molecule is CC(=O)C(NCCC(C)(C)C)C(C)C. The third-order valence-electron chi connectivity index (χ3n) is 2.34. The molecule has 0 aliphatic rings. The molecule has 0 radical (unpaired) electrons. The Morgan fingerprint density at radius 2 is 1.79 bits per heavy atom. The predicted octanol–water partition coefficient (Wildman–Crippen LogP) is 2.63. The second-order valence-corrected chi connectivity index (χ2v) is 5.60. The maximum atomic E-state index is 11.3. The maximum Gasteiger partial charge on any atom is 0.146 e. The average molecular weight is 199 g/mol. The van der Waals surface area contributed by atoms with Crippen molar-refractivity contribution in [1.82, 2.24) is 5.32 Å². The van der Waals surface area contributed by atoms with Crippen molar-refractivity contribution in [3.63, 3.8) is 0 Å². The molecule has 2 nitrogen and oxygen atoms in total. The molecule has 2 heteroatoms. The third kappa shape index (κ3) is 6.14. The van der Waals surface area contributed by atoms with Gasteiger partial charge in [-0.3, -0.25) is 4.79 Å². The zero-order valence-electron chi connectivity index (χ0n) is 10.5. The molecular formula is C12H25NO. The van der Waals surface area contributed by atoms with Gasteiger partial charge in [0.25, 0.3) is 0 Å². The fourth-order valence-corrected chi connectivity index (χ4v) is 1.45. The van der Waals surface area contributed by atoms with E-state index < -0.39 is 0 Å². The van der Waals surface area contributed by atoms with Crippen LogP contribution in [0.5, 0.6) is 0 Å². The van der Waals surface area contributed by atoms with E-state index in [1.165, 1.54) is 0 Å². The van der Waals surface area contributed by atoms with Crippen LogP contribution in [0.1, 0.15) is 48.0 Å². The first kappa shape index (κ1) is 13.6. The molecule has 0 amide bonds. The van der Waals surface area contributed by atoms with Gasteiger partial charge >= 0.3 is 0 Å². The number of hydrogen-bond donors (Lipinski definition) is 1. The summed E-state index contributed by atoms with van der Waals surface area (Å²) in [6.07, 6.45) is 1.10. The summed E-state index contributed by atoms with van der Waals surface area (Å²) in [4.78, 5) is 11.3. The number of rotatable bonds is 5. The second-order valence-electron chi connectivity index (χ2n) is 5.60. The topological polar surface area (TPSA) is 29.1 Å². The molecule has 0 aromatic carbocycles. The Kier molecular flexibility index (Phi) is 5.35. The molecule has 0 fully saturated rings. The van der Waals surface area contributed by atoms with Crippen molar-refractivity contribution < 1.29 is 4.79 Å². The number of hydrogen-bond acceptors (Lipinski definition) is 2. The molecule has 0 heterocycles. The first-order valence-electron chi connectivity index (χ1n) is 5.48. The van der Waals surface area contributed by atoms with E-state index in [0.29, 0.717) is 11.3 Å². The standard InChI is InChI=1S/C12H25NO/c1-9(2)11(10(3)14)13-8-7-12(4,5)6/h9,11,13H,7-8H2,1-6H3. The Hall–Kier alpha value is -0.370. The fraction of sp³-hybridized carbons (Fsp3) is 0.917. The second kappa shape index (κ2) is 5.50. The summed E-state index contributed by atoms with van der Waals surface area (Å²) in [5.41, 5.74) is 0.339. The summed E-state index contributed by atoms with van der Waals surface area (Å²) in [5, 5.41) is 3.33. The van der Waals surface area contributed by atoms with E-state index in [-0.39, 0.29) is 11.8 Å². The van der Waals surface area contributed by atoms with Crippen LogP contribution in [0.4, 0.5) is 0 Å². The first-order chi connectivity index (χ1) is 6.24. The van der Waals surface area contributed by atoms with E-state index >= 15 is 0 Å². The van der Waals surface area contributed by atoms with Gasteiger partial charge in [-0.2, -0.15) is 0 Å². The lowest BCUT2D eigenvalue weighted by molar-refractivity contribution is -0.119. The van der Waals surface area contributed by atoms with Crippen LogP contribution in [-0.2, 0) is 4.79 Å². The lowest BCUT2D eigenvalue weighted by Crippen LogP contribution is -2.41. The lowest BCUT2D eigenvalue weighted by atomic mass is 9.91. The van der Waals surface area contributed by atoms with Crippen LogP contribution in [0.2, 0.25) is 0 Å². The molecule has 1 N–H and O–H groups in total. The van der Waals surface area contributed by atoms with Crippen LogP contribution < -0.4 is 5.32 Å². The summed E-state index contributed by atoms with van der Waals surface area (Å²) < 4.78 is 0. The van der Waals surface area contributed by atoms with Crippen molar-refractivity contribution >= 4 is 5.78 Å². The number of Topliss-reactive ketones (excluding diaryl/α,β-unsaturated/α-hetero) is 1. The minimum Gasteiger partial charge on any atom is -0.307 e. The molecule has 0 spiro atoms. The Bertz CT molecular complexity index is 179. The number of ketones is 1. The van der Waals surface area contributed by atoms with Crippen molar-refractivity contribution in [3.05, 3.63) is 0 Å². The molecule has 0 aromatic heterocycles. The van der Waals surface area contributed by atoms with Gasteiger partial charge < -0.3 is 5.32 Å². The molecule has 1 atom stereocenters. The summed E-state index contributed by atoms with van der Waals surface area (Å²) in [6, 6.07) is 0.0253. The summed E-state index contributed by atoms with van der Waals surface area (Å²) in [5.74, 6) is 0.626. The van der Waals surface area contributed by atoms with Crippen LogP contribution in [0.3, 0.4) is 0 Å². The highest BCUT2D eigenvalue weighted by molar-refractivity contribution is 5.81. The quantitative estimate of drug-likeness (QED) is 0.737. The summed E-state index contributed by atoms with van der Waals surface area (Å²) >= 11 is 0. The van der Waals surface area contributed by atoms with Crippen LogP contribution in [0.15, 0.2) is 0 Å². The molecule has 0 aromatic rings. The van der Waals surface area contributed by atoms with Crippen LogP contribution >= 0.6 is 0 Å². The van der Waals surface area contributed by atoms with E-state index in [9.17, 15) is 4.79 Å². The summed E-state index contributed by atoms with van der Waals surface area (Å²) in [7, 11) is 0. The van der Waals surface area contributed by atoms with E-state index in [1.807, 2.05) is 0 Å². The van der Waals surface area contributed by atoms with Crippen molar-refractivity contribution in [1.29, 1.82) is 0 Å². The first-order valence-corrected chi connectivity index (χ1v) is 5.48. The molecule has 0 rings (SSSR count). The zero-order valence-corrected chi connectivity index (χ0v) is 10.5. The van der Waals surface area contributed by atoms with E-state index in [0.717, 1.165) is 13.0 Å². The van der Waals surface area contributed by atoms with Crippen molar-refractivity contribution in [2.75, 3.05) is 6.54 Å². The molecule has 14 heavy (non-hydrogen) atoms. The molecule has 1 unspecified atom stereocenters. The van der Waals surface area contributed by atoms with Crippen LogP contribution in [0.25, 0.3) is 0 Å². The Morgan fingerprint density at radius 1 is 1.29 bits per heavy atom. The summed E-state index contributed by atoms with van der Waals surface area (Å²) in [6.45, 7) is 13.4. The molecular weight excluding hydrogens is 174 g/mol. The van der Waals surface area contributed by atoms with Crippen molar-refractivity contribution in [2.24, 2.45) is 11.3 Å². The number of carbonyl (C=O) groups excluding carboxylic acids is 1. The minimum absolute atomic E-state index is 0.0253. The van der Waals surface area contributed by atoms with Crippen molar-refractivity contribution in [3.8, 4) is 0 Å². The molecule has 0 aliphatic heterocycles. The molecule has 0 saturated carbocycles. The fourth-order valence-electron chi connectivity index (χ4n) is 1.45. The third-order valence-corrected chi connectivity index (χ3v) is 2.34. The lowest BCUT2D eigenvalue weighted by Gasteiger charge is -2.23. The Balaban J connectivity index is 3.90. The van der Waals surface area contributed by atoms with Gasteiger partial charge in [-0.1, -0.05) is 34.6 Å². The normalized spacial score (nSPS) is 14.5. The Labute approximate surface area is 88.5 Å². The predicted molar refractivity (Wildman–Crippen MR) is 61.4 cm³/mol. The van der Waals surface area contributed by atoms with Gasteiger partial charge in [-0.15, -0.1) is 0 Å². The monoisotopic (exact) mass is 199 g/mol. The smallest absolute Gasteiger partial charge is 0.146 e. The van der Waals surface area contributed by atoms with Gasteiger partial charge in [-0.05, 0) is 31.2 Å². The van der Waals surface area contributed by atoms with Gasteiger partial charge in [0.2, 0.25) is 0 Å². The van der Waals surface area contributed by atoms with E-state index in [4.69, 9.17) is 0 Å². The highest BCUT2D eigenvalue weighted by Gasteiger charge is 2.18. The van der Waals surface area contributed by atoms with Crippen molar-refractivity contribution in [2.45, 2.75) is 54.0 Å². The highest BCUT2D eigenvalue weighted by atomic mass is 16.1. The van der Waals surface area contributed by atoms with Crippen LogP contribution in [-0.4, -0.2) is 18.4 Å². The molecule has 84 valence electrons. The van der Waals surface area contributed by atoms with Crippen LogP contribution in [0, 0.1) is 11.3 Å². The van der Waals surface area contributed by atoms with E-state index in [2.05, 4.69) is 39.9 Å². The van der Waals surface area contributed by atoms with E-state index in [1.54, 1.807) is 6.92 Å². The molecule has 0 aliphatic carbocycles. The van der Waals surface area contributed by atoms with Gasteiger partial charge in [0.15, 0.2) is 0 Å². The largest absolute Gasteiger partial charge is 0.307 e. The van der Waals surface area contributed by atoms with Gasteiger partial charge in [-0.25, -0.2) is 0 Å². The van der Waals surface area contributed by atoms with Gasteiger partial charge in [0.1, 0.15) is 5.78 Å². The number of nitrogens with one attached hydrogen (secondary N) is 1. The minimum atomic E-state index is 0.0253. The highest BCUT2D eigenvalue weighted by Crippen LogP contribution is 2.17. The average Bonchev–Trinajstić information content (AvgIpc) is 1.94. The molecule has 0 saturated heterocycles.